The van der Waals surface area contributed by atoms with Crippen LogP contribution in [-0.4, -0.2) is 23.4 Å². The maximum absolute atomic E-state index is 13.8. The number of nitrogens with zero attached hydrogens (tertiary/aromatic N) is 2. The van der Waals surface area contributed by atoms with Crippen LogP contribution in [0.15, 0.2) is 18.2 Å². The van der Waals surface area contributed by atoms with Crippen LogP contribution in [0.5, 0.6) is 0 Å². The first-order valence-electron chi connectivity index (χ1n) is 6.26. The Balaban J connectivity index is 2.25. The van der Waals surface area contributed by atoms with Crippen molar-refractivity contribution in [2.45, 2.75) is 31.7 Å². The standard InChI is InChI=1S/C14H14ClFN2O/c15-10-5-6-12(13(16)9-10)14(19)18(8-7-17)11-3-1-2-4-11/h5-6,9,11H,1-4,8H2. The molecule has 0 atom stereocenters. The van der Waals surface area contributed by atoms with E-state index in [0.717, 1.165) is 31.7 Å². The van der Waals surface area contributed by atoms with Crippen LogP contribution >= 0.6 is 11.6 Å². The minimum Gasteiger partial charge on any atom is -0.322 e. The third kappa shape index (κ3) is 3.05. The largest absolute Gasteiger partial charge is 0.322 e. The van der Waals surface area contributed by atoms with Crippen molar-refractivity contribution < 1.29 is 9.18 Å². The molecule has 0 bridgehead atoms. The molecule has 0 saturated heterocycles. The Morgan fingerprint density at radius 3 is 2.74 bits per heavy atom. The molecule has 2 rings (SSSR count). The molecule has 100 valence electrons. The number of halogens is 2. The van der Waals surface area contributed by atoms with Gasteiger partial charge in [-0.25, -0.2) is 4.39 Å². The van der Waals surface area contributed by atoms with E-state index in [4.69, 9.17) is 16.9 Å². The quantitative estimate of drug-likeness (QED) is 0.797. The highest BCUT2D eigenvalue weighted by molar-refractivity contribution is 6.30. The molecule has 0 radical (unpaired) electrons. The third-order valence-corrected chi connectivity index (χ3v) is 3.66. The van der Waals surface area contributed by atoms with E-state index < -0.39 is 11.7 Å². The van der Waals surface area contributed by atoms with Crippen molar-refractivity contribution in [3.8, 4) is 6.07 Å². The summed E-state index contributed by atoms with van der Waals surface area (Å²) in [5.41, 5.74) is -0.0217. The summed E-state index contributed by atoms with van der Waals surface area (Å²) >= 11 is 5.67. The highest BCUT2D eigenvalue weighted by atomic mass is 35.5. The Morgan fingerprint density at radius 2 is 2.16 bits per heavy atom. The fourth-order valence-electron chi connectivity index (χ4n) is 2.48. The minimum absolute atomic E-state index is 0.00837. The molecular weight excluding hydrogens is 267 g/mol. The molecule has 1 amide bonds. The van der Waals surface area contributed by atoms with Crippen molar-refractivity contribution in [2.24, 2.45) is 0 Å². The summed E-state index contributed by atoms with van der Waals surface area (Å²) < 4.78 is 13.8. The van der Waals surface area contributed by atoms with E-state index in [9.17, 15) is 9.18 Å². The molecule has 1 aliphatic rings. The van der Waals surface area contributed by atoms with Gasteiger partial charge in [0.25, 0.3) is 5.91 Å². The molecule has 1 saturated carbocycles. The summed E-state index contributed by atoms with van der Waals surface area (Å²) in [5, 5.41) is 9.10. The average Bonchev–Trinajstić information content (AvgIpc) is 2.89. The fraction of sp³-hybridized carbons (Fsp3) is 0.429. The number of amides is 1. The van der Waals surface area contributed by atoms with Crippen molar-refractivity contribution in [3.63, 3.8) is 0 Å². The van der Waals surface area contributed by atoms with Gasteiger partial charge >= 0.3 is 0 Å². The van der Waals surface area contributed by atoms with E-state index in [-0.39, 0.29) is 23.2 Å². The lowest BCUT2D eigenvalue weighted by molar-refractivity contribution is 0.0704. The minimum atomic E-state index is -0.640. The molecule has 0 aliphatic heterocycles. The lowest BCUT2D eigenvalue weighted by Gasteiger charge is -2.26. The summed E-state index contributed by atoms with van der Waals surface area (Å²) in [6.07, 6.45) is 3.84. The van der Waals surface area contributed by atoms with Gasteiger partial charge in [0.15, 0.2) is 0 Å². The van der Waals surface area contributed by atoms with Gasteiger partial charge in [0.05, 0.1) is 11.6 Å². The van der Waals surface area contributed by atoms with Crippen LogP contribution in [0.4, 0.5) is 4.39 Å². The number of benzene rings is 1. The van der Waals surface area contributed by atoms with Gasteiger partial charge in [-0.05, 0) is 31.0 Å². The second kappa shape index (κ2) is 6.03. The Bertz CT molecular complexity index is 521. The predicted molar refractivity (Wildman–Crippen MR) is 70.3 cm³/mol. The number of carbonyl (C=O) groups excluding carboxylic acids is 1. The van der Waals surface area contributed by atoms with Gasteiger partial charge in [0, 0.05) is 11.1 Å². The molecule has 0 spiro atoms. The first-order valence-corrected chi connectivity index (χ1v) is 6.64. The lowest BCUT2D eigenvalue weighted by Crippen LogP contribution is -2.39. The molecule has 1 aliphatic carbocycles. The molecule has 1 aromatic carbocycles. The number of hydrogen-bond donors (Lipinski definition) is 0. The van der Waals surface area contributed by atoms with Crippen LogP contribution in [0, 0.1) is 17.1 Å². The smallest absolute Gasteiger partial charge is 0.257 e. The molecular formula is C14H14ClFN2O. The highest BCUT2D eigenvalue weighted by Crippen LogP contribution is 2.25. The number of carbonyl (C=O) groups is 1. The molecule has 1 aromatic rings. The molecule has 5 heteroatoms. The van der Waals surface area contributed by atoms with Crippen LogP contribution in [0.2, 0.25) is 5.02 Å². The first kappa shape index (κ1) is 13.8. The van der Waals surface area contributed by atoms with Crippen LogP contribution in [0.3, 0.4) is 0 Å². The summed E-state index contributed by atoms with van der Waals surface area (Å²) in [5.74, 6) is -1.07. The second-order valence-corrected chi connectivity index (χ2v) is 5.09. The third-order valence-electron chi connectivity index (χ3n) is 3.43. The summed E-state index contributed by atoms with van der Waals surface area (Å²) in [4.78, 5) is 13.8. The van der Waals surface area contributed by atoms with Crippen LogP contribution < -0.4 is 0 Å². The van der Waals surface area contributed by atoms with Gasteiger partial charge in [-0.1, -0.05) is 24.4 Å². The van der Waals surface area contributed by atoms with E-state index in [1.54, 1.807) is 0 Å². The first-order chi connectivity index (χ1) is 9.13. The predicted octanol–water partition coefficient (Wildman–Crippen LogP) is 3.39. The average molecular weight is 281 g/mol. The van der Waals surface area contributed by atoms with Gasteiger partial charge < -0.3 is 4.90 Å². The van der Waals surface area contributed by atoms with Crippen LogP contribution in [0.1, 0.15) is 36.0 Å². The second-order valence-electron chi connectivity index (χ2n) is 4.65. The number of rotatable bonds is 3. The van der Waals surface area contributed by atoms with E-state index in [1.807, 2.05) is 6.07 Å². The summed E-state index contributed by atoms with van der Waals surface area (Å²) in [7, 11) is 0. The van der Waals surface area contributed by atoms with Crippen LogP contribution in [-0.2, 0) is 0 Å². The van der Waals surface area contributed by atoms with Gasteiger partial charge in [-0.2, -0.15) is 5.26 Å². The topological polar surface area (TPSA) is 44.1 Å². The molecule has 1 fully saturated rings. The van der Waals surface area contributed by atoms with Crippen molar-refractivity contribution in [3.05, 3.63) is 34.6 Å². The van der Waals surface area contributed by atoms with Gasteiger partial charge in [-0.3, -0.25) is 4.79 Å². The monoisotopic (exact) mass is 280 g/mol. The van der Waals surface area contributed by atoms with E-state index in [2.05, 4.69) is 0 Å². The van der Waals surface area contributed by atoms with Gasteiger partial charge in [0.1, 0.15) is 12.4 Å². The Kier molecular flexibility index (Phi) is 4.39. The Labute approximate surface area is 116 Å². The summed E-state index contributed by atoms with van der Waals surface area (Å²) in [6.45, 7) is -0.00837. The van der Waals surface area contributed by atoms with E-state index in [1.165, 1.54) is 17.0 Å². The molecule has 0 heterocycles. The number of hydrogen-bond acceptors (Lipinski definition) is 2. The van der Waals surface area contributed by atoms with Crippen molar-refractivity contribution in [1.29, 1.82) is 5.26 Å². The maximum atomic E-state index is 13.8. The Morgan fingerprint density at radius 1 is 1.47 bits per heavy atom. The molecule has 0 aromatic heterocycles. The lowest BCUT2D eigenvalue weighted by atomic mass is 10.1. The van der Waals surface area contributed by atoms with E-state index in [0.29, 0.717) is 0 Å². The normalized spacial score (nSPS) is 15.2. The van der Waals surface area contributed by atoms with Crippen molar-refractivity contribution >= 4 is 17.5 Å². The fourth-order valence-corrected chi connectivity index (χ4v) is 2.64. The zero-order valence-corrected chi connectivity index (χ0v) is 11.2. The van der Waals surface area contributed by atoms with Crippen molar-refractivity contribution in [2.75, 3.05) is 6.54 Å². The van der Waals surface area contributed by atoms with E-state index >= 15 is 0 Å². The SMILES string of the molecule is N#CCN(C(=O)c1ccc(Cl)cc1F)C1CCCC1. The molecule has 3 nitrogen and oxygen atoms in total. The zero-order chi connectivity index (χ0) is 13.8. The van der Waals surface area contributed by atoms with Gasteiger partial charge in [0.2, 0.25) is 0 Å². The van der Waals surface area contributed by atoms with Crippen LogP contribution in [0.25, 0.3) is 0 Å². The molecule has 19 heavy (non-hydrogen) atoms. The van der Waals surface area contributed by atoms with Crippen molar-refractivity contribution in [1.82, 2.24) is 4.90 Å². The molecule has 0 N–H and O–H groups in total. The molecule has 0 unspecified atom stereocenters. The highest BCUT2D eigenvalue weighted by Gasteiger charge is 2.28. The summed E-state index contributed by atoms with van der Waals surface area (Å²) in [6, 6.07) is 6.00. The Hall–Kier alpha value is -1.60. The van der Waals surface area contributed by atoms with Gasteiger partial charge in [-0.15, -0.1) is 0 Å². The number of nitriles is 1. The zero-order valence-electron chi connectivity index (χ0n) is 10.4. The maximum Gasteiger partial charge on any atom is 0.257 e.